The molecule has 15 heavy (non-hydrogen) atoms. The molecule has 5 heteroatoms. The van der Waals surface area contributed by atoms with Gasteiger partial charge in [0.2, 0.25) is 0 Å². The second-order valence-electron chi connectivity index (χ2n) is 4.07. The Morgan fingerprint density at radius 3 is 2.47 bits per heavy atom. The van der Waals surface area contributed by atoms with Gasteiger partial charge in [-0.2, -0.15) is 0 Å². The van der Waals surface area contributed by atoms with Crippen molar-refractivity contribution in [1.82, 2.24) is 5.48 Å². The largest absolute Gasteiger partial charge is 0.460 e. The Balaban J connectivity index is 3.32. The maximum Gasteiger partial charge on any atom is 0.307 e. The molecule has 0 amide bonds. The van der Waals surface area contributed by atoms with E-state index in [4.69, 9.17) is 14.3 Å². The van der Waals surface area contributed by atoms with Crippen LogP contribution in [0.15, 0.2) is 0 Å². The van der Waals surface area contributed by atoms with Crippen LogP contribution in [0.2, 0.25) is 0 Å². The normalized spacial score (nSPS) is 11.5. The van der Waals surface area contributed by atoms with Gasteiger partial charge in [0.15, 0.2) is 0 Å². The SMILES string of the molecule is COCCONCCC(=O)OC(C)(C)C. The van der Waals surface area contributed by atoms with Gasteiger partial charge in [-0.05, 0) is 20.8 Å². The summed E-state index contributed by atoms with van der Waals surface area (Å²) in [5, 5.41) is 0. The zero-order valence-corrected chi connectivity index (χ0v) is 9.96. The molecule has 0 aliphatic rings. The maximum atomic E-state index is 11.2. The van der Waals surface area contributed by atoms with Gasteiger partial charge in [-0.3, -0.25) is 9.63 Å². The van der Waals surface area contributed by atoms with E-state index in [-0.39, 0.29) is 5.97 Å². The highest BCUT2D eigenvalue weighted by molar-refractivity contribution is 5.70. The number of rotatable bonds is 7. The molecule has 0 heterocycles. The van der Waals surface area contributed by atoms with E-state index in [9.17, 15) is 4.79 Å². The molecule has 90 valence electrons. The molecule has 0 atom stereocenters. The molecular weight excluding hydrogens is 198 g/mol. The molecule has 0 aliphatic heterocycles. The Bertz CT molecular complexity index is 177. The number of methoxy groups -OCH3 is 1. The van der Waals surface area contributed by atoms with Crippen LogP contribution in [0.1, 0.15) is 27.2 Å². The molecular formula is C10H21NO4. The quantitative estimate of drug-likeness (QED) is 0.391. The van der Waals surface area contributed by atoms with Gasteiger partial charge in [-0.1, -0.05) is 0 Å². The van der Waals surface area contributed by atoms with Crippen LogP contribution in [0.3, 0.4) is 0 Å². The lowest BCUT2D eigenvalue weighted by Crippen LogP contribution is -2.27. The van der Waals surface area contributed by atoms with Crippen molar-refractivity contribution in [2.24, 2.45) is 0 Å². The van der Waals surface area contributed by atoms with Gasteiger partial charge in [0.1, 0.15) is 5.60 Å². The van der Waals surface area contributed by atoms with E-state index in [0.29, 0.717) is 26.2 Å². The highest BCUT2D eigenvalue weighted by Crippen LogP contribution is 2.07. The number of hydroxylamine groups is 1. The van der Waals surface area contributed by atoms with Crippen LogP contribution in [-0.4, -0.2) is 38.4 Å². The molecule has 0 fully saturated rings. The lowest BCUT2D eigenvalue weighted by atomic mass is 10.2. The minimum atomic E-state index is -0.423. The summed E-state index contributed by atoms with van der Waals surface area (Å²) >= 11 is 0. The molecule has 0 bridgehead atoms. The third-order valence-electron chi connectivity index (χ3n) is 1.34. The number of carbonyl (C=O) groups excluding carboxylic acids is 1. The van der Waals surface area contributed by atoms with Gasteiger partial charge in [0.05, 0.1) is 19.6 Å². The highest BCUT2D eigenvalue weighted by atomic mass is 16.7. The maximum absolute atomic E-state index is 11.2. The first-order valence-electron chi connectivity index (χ1n) is 5.01. The van der Waals surface area contributed by atoms with Gasteiger partial charge in [-0.15, -0.1) is 0 Å². The van der Waals surface area contributed by atoms with Crippen molar-refractivity contribution in [1.29, 1.82) is 0 Å². The highest BCUT2D eigenvalue weighted by Gasteiger charge is 2.15. The second kappa shape index (κ2) is 7.62. The number of ether oxygens (including phenoxy) is 2. The molecule has 0 unspecified atom stereocenters. The molecule has 0 aromatic rings. The van der Waals surface area contributed by atoms with Crippen LogP contribution in [-0.2, 0) is 19.1 Å². The summed E-state index contributed by atoms with van der Waals surface area (Å²) in [6, 6.07) is 0. The van der Waals surface area contributed by atoms with E-state index in [2.05, 4.69) is 5.48 Å². The standard InChI is InChI=1S/C10H21NO4/c1-10(2,3)15-9(12)5-6-11-14-8-7-13-4/h11H,5-8H2,1-4H3. The first kappa shape index (κ1) is 14.3. The smallest absolute Gasteiger partial charge is 0.307 e. The summed E-state index contributed by atoms with van der Waals surface area (Å²) < 4.78 is 9.88. The van der Waals surface area contributed by atoms with Gasteiger partial charge < -0.3 is 9.47 Å². The topological polar surface area (TPSA) is 56.8 Å². The average molecular weight is 219 g/mol. The first-order valence-corrected chi connectivity index (χ1v) is 5.01. The van der Waals surface area contributed by atoms with Gasteiger partial charge in [0, 0.05) is 13.7 Å². The Kier molecular flexibility index (Phi) is 7.29. The molecule has 0 spiro atoms. The van der Waals surface area contributed by atoms with E-state index in [0.717, 1.165) is 0 Å². The molecule has 0 saturated heterocycles. The second-order valence-corrected chi connectivity index (χ2v) is 4.07. The Morgan fingerprint density at radius 2 is 1.93 bits per heavy atom. The lowest BCUT2D eigenvalue weighted by molar-refractivity contribution is -0.155. The monoisotopic (exact) mass is 219 g/mol. The fraction of sp³-hybridized carbons (Fsp3) is 0.900. The number of hydrogen-bond donors (Lipinski definition) is 1. The molecule has 5 nitrogen and oxygen atoms in total. The number of nitrogens with one attached hydrogen (secondary N) is 1. The van der Waals surface area contributed by atoms with Crippen LogP contribution in [0.5, 0.6) is 0 Å². The molecule has 0 aromatic heterocycles. The third kappa shape index (κ3) is 11.3. The third-order valence-corrected chi connectivity index (χ3v) is 1.34. The predicted molar refractivity (Wildman–Crippen MR) is 56.3 cm³/mol. The minimum absolute atomic E-state index is 0.231. The van der Waals surface area contributed by atoms with E-state index in [1.807, 2.05) is 20.8 Å². The number of esters is 1. The lowest BCUT2D eigenvalue weighted by Gasteiger charge is -2.19. The van der Waals surface area contributed by atoms with Crippen LogP contribution >= 0.6 is 0 Å². The molecule has 0 aromatic carbocycles. The Hall–Kier alpha value is -0.650. The van der Waals surface area contributed by atoms with Crippen molar-refractivity contribution in [2.75, 3.05) is 26.9 Å². The van der Waals surface area contributed by atoms with Gasteiger partial charge >= 0.3 is 5.97 Å². The summed E-state index contributed by atoms with van der Waals surface area (Å²) in [5.41, 5.74) is 2.23. The number of hydrogen-bond acceptors (Lipinski definition) is 5. The van der Waals surface area contributed by atoms with Crippen molar-refractivity contribution in [3.63, 3.8) is 0 Å². The van der Waals surface area contributed by atoms with Crippen LogP contribution in [0.25, 0.3) is 0 Å². The van der Waals surface area contributed by atoms with E-state index in [1.165, 1.54) is 0 Å². The fourth-order valence-corrected chi connectivity index (χ4v) is 0.815. The fourth-order valence-electron chi connectivity index (χ4n) is 0.815. The van der Waals surface area contributed by atoms with Crippen molar-refractivity contribution < 1.29 is 19.1 Å². The van der Waals surface area contributed by atoms with Crippen molar-refractivity contribution in [3.05, 3.63) is 0 Å². The molecule has 0 aliphatic carbocycles. The zero-order chi connectivity index (χ0) is 11.7. The first-order chi connectivity index (χ1) is 6.95. The van der Waals surface area contributed by atoms with E-state index < -0.39 is 5.60 Å². The summed E-state index contributed by atoms with van der Waals surface area (Å²) in [6.45, 7) is 6.96. The van der Waals surface area contributed by atoms with Crippen molar-refractivity contribution >= 4 is 5.97 Å². The summed E-state index contributed by atoms with van der Waals surface area (Å²) in [7, 11) is 1.60. The zero-order valence-electron chi connectivity index (χ0n) is 9.96. The average Bonchev–Trinajstić information content (AvgIpc) is 2.08. The number of carbonyl (C=O) groups is 1. The summed E-state index contributed by atoms with van der Waals surface area (Å²) in [6.07, 6.45) is 0.296. The van der Waals surface area contributed by atoms with Crippen LogP contribution in [0, 0.1) is 0 Å². The summed E-state index contributed by atoms with van der Waals surface area (Å²) in [5.74, 6) is -0.231. The van der Waals surface area contributed by atoms with Crippen LogP contribution < -0.4 is 5.48 Å². The minimum Gasteiger partial charge on any atom is -0.460 e. The van der Waals surface area contributed by atoms with Crippen LogP contribution in [0.4, 0.5) is 0 Å². The summed E-state index contributed by atoms with van der Waals surface area (Å²) in [4.78, 5) is 16.2. The van der Waals surface area contributed by atoms with Gasteiger partial charge in [-0.25, -0.2) is 5.48 Å². The van der Waals surface area contributed by atoms with E-state index in [1.54, 1.807) is 7.11 Å². The molecule has 0 rings (SSSR count). The molecule has 1 N–H and O–H groups in total. The molecule has 0 radical (unpaired) electrons. The Morgan fingerprint density at radius 1 is 1.27 bits per heavy atom. The van der Waals surface area contributed by atoms with E-state index >= 15 is 0 Å². The molecule has 0 saturated carbocycles. The van der Waals surface area contributed by atoms with Gasteiger partial charge in [0.25, 0.3) is 0 Å². The Labute approximate surface area is 91.0 Å². The predicted octanol–water partition coefficient (Wildman–Crippen LogP) is 0.886. The van der Waals surface area contributed by atoms with Crippen molar-refractivity contribution in [3.8, 4) is 0 Å². The van der Waals surface area contributed by atoms with Crippen molar-refractivity contribution in [2.45, 2.75) is 32.8 Å².